The maximum atomic E-state index is 13.3. The Morgan fingerprint density at radius 2 is 1.89 bits per heavy atom. The van der Waals surface area contributed by atoms with Gasteiger partial charge in [0.2, 0.25) is 11.7 Å². The number of hydrogen-bond acceptors (Lipinski definition) is 7. The fourth-order valence-electron chi connectivity index (χ4n) is 8.15. The lowest BCUT2D eigenvalue weighted by Crippen LogP contribution is -2.62. The van der Waals surface area contributed by atoms with Crippen molar-refractivity contribution in [1.29, 1.82) is 0 Å². The number of amides is 1. The number of carbonyl (C=O) groups excluding carboxylic acids is 4. The summed E-state index contributed by atoms with van der Waals surface area (Å²) in [6.07, 6.45) is 5.82. The Kier molecular flexibility index (Phi) is 7.75. The number of ether oxygens (including phenoxy) is 1. The second kappa shape index (κ2) is 10.3. The molecule has 0 aromatic heterocycles. The molecule has 0 aromatic carbocycles. The van der Waals surface area contributed by atoms with Crippen molar-refractivity contribution in [2.75, 3.05) is 6.61 Å². The molecular formula is C29H43NO7. The van der Waals surface area contributed by atoms with Gasteiger partial charge in [0.1, 0.15) is 5.60 Å². The van der Waals surface area contributed by atoms with Gasteiger partial charge in [-0.25, -0.2) is 0 Å². The summed E-state index contributed by atoms with van der Waals surface area (Å²) >= 11 is 0. The van der Waals surface area contributed by atoms with E-state index in [1.54, 1.807) is 6.08 Å². The van der Waals surface area contributed by atoms with Crippen molar-refractivity contribution in [3.05, 3.63) is 11.6 Å². The number of ketones is 2. The lowest BCUT2D eigenvalue weighted by Gasteiger charge is -2.60. The molecule has 4 aliphatic carbocycles. The molecule has 4 rings (SSSR count). The average molecular weight is 518 g/mol. The molecule has 0 bridgehead atoms. The summed E-state index contributed by atoms with van der Waals surface area (Å²) in [4.78, 5) is 49.5. The van der Waals surface area contributed by atoms with Crippen molar-refractivity contribution in [3.63, 3.8) is 0 Å². The molecule has 8 nitrogen and oxygen atoms in total. The van der Waals surface area contributed by atoms with Gasteiger partial charge in [-0.15, -0.1) is 0 Å². The summed E-state index contributed by atoms with van der Waals surface area (Å²) in [5.41, 5.74) is -1.60. The second-order valence-electron chi connectivity index (χ2n) is 12.4. The van der Waals surface area contributed by atoms with E-state index in [-0.39, 0.29) is 60.2 Å². The van der Waals surface area contributed by atoms with E-state index in [9.17, 15) is 29.4 Å². The van der Waals surface area contributed by atoms with E-state index in [1.165, 1.54) is 0 Å². The van der Waals surface area contributed by atoms with E-state index < -0.39 is 35.5 Å². The zero-order valence-corrected chi connectivity index (χ0v) is 22.7. The van der Waals surface area contributed by atoms with Crippen LogP contribution in [0.15, 0.2) is 11.6 Å². The smallest absolute Gasteiger partial charge is 0.306 e. The molecule has 206 valence electrons. The minimum absolute atomic E-state index is 0.00414. The Labute approximate surface area is 219 Å². The first-order valence-electron chi connectivity index (χ1n) is 14.0. The number of allylic oxidation sites excluding steroid dienone is 1. The van der Waals surface area contributed by atoms with E-state index in [2.05, 4.69) is 12.2 Å². The van der Waals surface area contributed by atoms with Crippen molar-refractivity contribution in [2.24, 2.45) is 28.6 Å². The third-order valence-electron chi connectivity index (χ3n) is 10.4. The standard InChI is InChI=1S/C29H43NO7/c1-5-17(2)30-24(34)8-9-25(35)37-16-23(33)29(36)13-11-21-20-7-6-18-14-19(31)10-12-27(18,3)26(20)22(32)15-28(21,29)4/h14,17,20-22,26,32,36H,5-13,15-16H2,1-4H3,(H,30,34)/t17-,20-,21+,22+,26+,27+,28+,29+/m1/s1. The van der Waals surface area contributed by atoms with Crippen LogP contribution in [0.4, 0.5) is 0 Å². The second-order valence-corrected chi connectivity index (χ2v) is 12.4. The van der Waals surface area contributed by atoms with Crippen LogP contribution in [-0.2, 0) is 23.9 Å². The number of esters is 1. The van der Waals surface area contributed by atoms with E-state index in [0.29, 0.717) is 19.3 Å². The van der Waals surface area contributed by atoms with Crippen LogP contribution in [0, 0.1) is 28.6 Å². The van der Waals surface area contributed by atoms with Crippen LogP contribution in [0.5, 0.6) is 0 Å². The summed E-state index contributed by atoms with van der Waals surface area (Å²) in [6, 6.07) is 0.0239. The molecule has 4 aliphatic rings. The first-order chi connectivity index (χ1) is 17.4. The number of hydrogen-bond donors (Lipinski definition) is 3. The zero-order valence-electron chi connectivity index (χ0n) is 22.7. The molecule has 0 aliphatic heterocycles. The number of fused-ring (bicyclic) bond motifs is 5. The zero-order chi connectivity index (χ0) is 27.2. The SMILES string of the molecule is CC[C@@H](C)NC(=O)CCC(=O)OCC(=O)[C@@]1(O)CC[C@H]2[C@H]3CCC4=CC(=O)CC[C@]4(C)[C@@H]3[C@@H](O)C[C@@]21C. The monoisotopic (exact) mass is 517 g/mol. The highest BCUT2D eigenvalue weighted by molar-refractivity contribution is 5.92. The summed E-state index contributed by atoms with van der Waals surface area (Å²) in [6.45, 7) is 7.37. The third-order valence-corrected chi connectivity index (χ3v) is 10.4. The molecule has 3 fully saturated rings. The molecule has 0 saturated heterocycles. The molecule has 0 unspecified atom stereocenters. The van der Waals surface area contributed by atoms with Crippen LogP contribution >= 0.6 is 0 Å². The normalized spacial score (nSPS) is 39.5. The van der Waals surface area contributed by atoms with Crippen molar-refractivity contribution in [3.8, 4) is 0 Å². The van der Waals surface area contributed by atoms with Gasteiger partial charge in [0.15, 0.2) is 12.4 Å². The number of Topliss-reactive ketones (excluding diaryl/α,β-unsaturated/α-hetero) is 1. The minimum atomic E-state index is -1.68. The quantitative estimate of drug-likeness (QED) is 0.422. The van der Waals surface area contributed by atoms with E-state index in [4.69, 9.17) is 4.74 Å². The van der Waals surface area contributed by atoms with Crippen molar-refractivity contribution < 1.29 is 34.1 Å². The summed E-state index contributed by atoms with van der Waals surface area (Å²) in [7, 11) is 0. The Bertz CT molecular complexity index is 991. The van der Waals surface area contributed by atoms with Crippen molar-refractivity contribution in [2.45, 2.75) is 110 Å². The molecule has 1 amide bonds. The molecular weight excluding hydrogens is 474 g/mol. The van der Waals surface area contributed by atoms with E-state index >= 15 is 0 Å². The van der Waals surface area contributed by atoms with Gasteiger partial charge < -0.3 is 20.3 Å². The predicted molar refractivity (Wildman–Crippen MR) is 136 cm³/mol. The molecule has 8 heteroatoms. The van der Waals surface area contributed by atoms with Gasteiger partial charge in [-0.05, 0) is 81.1 Å². The Balaban J connectivity index is 1.41. The fraction of sp³-hybridized carbons (Fsp3) is 0.793. The number of nitrogens with one attached hydrogen (secondary N) is 1. The van der Waals surface area contributed by atoms with Gasteiger partial charge in [-0.2, -0.15) is 0 Å². The Morgan fingerprint density at radius 3 is 2.59 bits per heavy atom. The third kappa shape index (κ3) is 4.80. The maximum Gasteiger partial charge on any atom is 0.306 e. The fourth-order valence-corrected chi connectivity index (χ4v) is 8.15. The summed E-state index contributed by atoms with van der Waals surface area (Å²) < 4.78 is 5.19. The molecule has 0 spiro atoms. The number of rotatable bonds is 8. The largest absolute Gasteiger partial charge is 0.458 e. The van der Waals surface area contributed by atoms with Crippen LogP contribution in [0.2, 0.25) is 0 Å². The maximum absolute atomic E-state index is 13.3. The predicted octanol–water partition coefficient (Wildman–Crippen LogP) is 3.03. The van der Waals surface area contributed by atoms with Crippen LogP contribution in [0.25, 0.3) is 0 Å². The number of carbonyl (C=O) groups is 4. The van der Waals surface area contributed by atoms with Gasteiger partial charge in [-0.3, -0.25) is 19.2 Å². The van der Waals surface area contributed by atoms with Crippen LogP contribution < -0.4 is 5.32 Å². The lowest BCUT2D eigenvalue weighted by atomic mass is 9.45. The molecule has 3 saturated carbocycles. The molecule has 0 heterocycles. The highest BCUT2D eigenvalue weighted by Crippen LogP contribution is 2.67. The highest BCUT2D eigenvalue weighted by atomic mass is 16.5. The molecule has 8 atom stereocenters. The van der Waals surface area contributed by atoms with Gasteiger partial charge in [0.25, 0.3) is 0 Å². The molecule has 3 N–H and O–H groups in total. The summed E-state index contributed by atoms with van der Waals surface area (Å²) in [5.74, 6) is -1.06. The van der Waals surface area contributed by atoms with Crippen LogP contribution in [-0.4, -0.2) is 58.0 Å². The first-order valence-corrected chi connectivity index (χ1v) is 14.0. The summed E-state index contributed by atoms with van der Waals surface area (Å²) in [5, 5.41) is 26.0. The van der Waals surface area contributed by atoms with Gasteiger partial charge >= 0.3 is 5.97 Å². The van der Waals surface area contributed by atoms with Gasteiger partial charge in [-0.1, -0.05) is 26.3 Å². The highest BCUT2D eigenvalue weighted by Gasteiger charge is 2.68. The molecule has 0 aromatic rings. The number of aliphatic hydroxyl groups excluding tert-OH is 1. The Hall–Kier alpha value is -2.06. The van der Waals surface area contributed by atoms with Crippen LogP contribution in [0.1, 0.15) is 91.9 Å². The van der Waals surface area contributed by atoms with E-state index in [1.807, 2.05) is 20.8 Å². The topological polar surface area (TPSA) is 130 Å². The van der Waals surface area contributed by atoms with E-state index in [0.717, 1.165) is 31.3 Å². The van der Waals surface area contributed by atoms with Gasteiger partial charge in [0.05, 0.1) is 12.5 Å². The first kappa shape index (κ1) is 28.0. The molecule has 0 radical (unpaired) electrons. The van der Waals surface area contributed by atoms with Crippen LogP contribution in [0.3, 0.4) is 0 Å². The lowest BCUT2D eigenvalue weighted by molar-refractivity contribution is -0.184. The Morgan fingerprint density at radius 1 is 1.16 bits per heavy atom. The van der Waals surface area contributed by atoms with Gasteiger partial charge in [0, 0.05) is 24.3 Å². The molecule has 37 heavy (non-hydrogen) atoms. The van der Waals surface area contributed by atoms with Crippen molar-refractivity contribution >= 4 is 23.4 Å². The minimum Gasteiger partial charge on any atom is -0.458 e. The average Bonchev–Trinajstić information content (AvgIpc) is 3.12. The van der Waals surface area contributed by atoms with Crippen molar-refractivity contribution in [1.82, 2.24) is 5.32 Å². The number of aliphatic hydroxyl groups is 2.